The summed E-state index contributed by atoms with van der Waals surface area (Å²) in [5.41, 5.74) is 7.35. The first kappa shape index (κ1) is 15.8. The Balaban J connectivity index is 2.30. The monoisotopic (exact) mass is 338 g/mol. The molecule has 0 heterocycles. The standard InChI is InChI=1S/C15H12Cl2N2OS/c1-19(11-5-2-9(3-6-11)14(18)21)15(20)12-8-10(16)4-7-13(12)17/h2-8H,1H3,(H2,18,21). The predicted octanol–water partition coefficient (Wildman–Crippen LogP) is 3.90. The quantitative estimate of drug-likeness (QED) is 0.863. The van der Waals surface area contributed by atoms with Crippen LogP contribution in [0.4, 0.5) is 5.69 Å². The molecule has 108 valence electrons. The highest BCUT2D eigenvalue weighted by molar-refractivity contribution is 7.80. The van der Waals surface area contributed by atoms with Gasteiger partial charge in [0.25, 0.3) is 5.91 Å². The molecule has 21 heavy (non-hydrogen) atoms. The second-order valence-corrected chi connectivity index (χ2v) is 5.68. The highest BCUT2D eigenvalue weighted by atomic mass is 35.5. The van der Waals surface area contributed by atoms with Crippen LogP contribution in [0.25, 0.3) is 0 Å². The van der Waals surface area contributed by atoms with Crippen molar-refractivity contribution in [1.29, 1.82) is 0 Å². The lowest BCUT2D eigenvalue weighted by Crippen LogP contribution is -2.26. The van der Waals surface area contributed by atoms with Gasteiger partial charge in [0.15, 0.2) is 0 Å². The number of nitrogens with zero attached hydrogens (tertiary/aromatic N) is 1. The zero-order valence-corrected chi connectivity index (χ0v) is 13.5. The van der Waals surface area contributed by atoms with E-state index >= 15 is 0 Å². The molecular formula is C15H12Cl2N2OS. The van der Waals surface area contributed by atoms with Crippen molar-refractivity contribution in [1.82, 2.24) is 0 Å². The highest BCUT2D eigenvalue weighted by Gasteiger charge is 2.17. The number of halogens is 2. The summed E-state index contributed by atoms with van der Waals surface area (Å²) in [7, 11) is 1.66. The number of hydrogen-bond acceptors (Lipinski definition) is 2. The molecule has 0 aliphatic heterocycles. The van der Waals surface area contributed by atoms with E-state index in [1.165, 1.54) is 4.90 Å². The number of carbonyl (C=O) groups excluding carboxylic acids is 1. The van der Waals surface area contributed by atoms with Crippen molar-refractivity contribution in [2.24, 2.45) is 5.73 Å². The summed E-state index contributed by atoms with van der Waals surface area (Å²) in [5.74, 6) is -0.245. The average molecular weight is 339 g/mol. The van der Waals surface area contributed by atoms with Crippen molar-refractivity contribution in [3.63, 3.8) is 0 Å². The molecule has 2 aromatic carbocycles. The highest BCUT2D eigenvalue weighted by Crippen LogP contribution is 2.24. The minimum absolute atomic E-state index is 0.245. The average Bonchev–Trinajstić information content (AvgIpc) is 2.48. The van der Waals surface area contributed by atoms with Gasteiger partial charge < -0.3 is 10.6 Å². The van der Waals surface area contributed by atoms with Crippen molar-refractivity contribution in [2.75, 3.05) is 11.9 Å². The topological polar surface area (TPSA) is 46.3 Å². The van der Waals surface area contributed by atoms with Crippen LogP contribution in [-0.2, 0) is 0 Å². The van der Waals surface area contributed by atoms with Gasteiger partial charge in [0, 0.05) is 23.3 Å². The molecule has 2 aromatic rings. The largest absolute Gasteiger partial charge is 0.389 e. The lowest BCUT2D eigenvalue weighted by Gasteiger charge is -2.18. The maximum absolute atomic E-state index is 12.5. The Morgan fingerprint density at radius 1 is 1.14 bits per heavy atom. The molecule has 0 aliphatic carbocycles. The minimum Gasteiger partial charge on any atom is -0.389 e. The van der Waals surface area contributed by atoms with Crippen molar-refractivity contribution in [2.45, 2.75) is 0 Å². The Bertz CT molecular complexity index is 701. The van der Waals surface area contributed by atoms with Crippen LogP contribution in [0.15, 0.2) is 42.5 Å². The smallest absolute Gasteiger partial charge is 0.259 e. The third-order valence-electron chi connectivity index (χ3n) is 3.00. The van der Waals surface area contributed by atoms with Crippen LogP contribution in [0, 0.1) is 0 Å². The second kappa shape index (κ2) is 6.43. The number of rotatable bonds is 3. The molecule has 3 nitrogen and oxygen atoms in total. The van der Waals surface area contributed by atoms with Gasteiger partial charge in [-0.15, -0.1) is 0 Å². The Hall–Kier alpha value is -1.62. The lowest BCUT2D eigenvalue weighted by atomic mass is 10.1. The summed E-state index contributed by atoms with van der Waals surface area (Å²) in [5, 5.41) is 0.816. The predicted molar refractivity (Wildman–Crippen MR) is 91.5 cm³/mol. The van der Waals surface area contributed by atoms with E-state index in [-0.39, 0.29) is 5.91 Å². The van der Waals surface area contributed by atoms with E-state index in [9.17, 15) is 4.79 Å². The second-order valence-electron chi connectivity index (χ2n) is 4.40. The van der Waals surface area contributed by atoms with Crippen molar-refractivity contribution in [3.05, 3.63) is 63.6 Å². The number of thiocarbonyl (C=S) groups is 1. The number of hydrogen-bond donors (Lipinski definition) is 1. The summed E-state index contributed by atoms with van der Waals surface area (Å²) >= 11 is 16.9. The number of carbonyl (C=O) groups is 1. The minimum atomic E-state index is -0.245. The fourth-order valence-electron chi connectivity index (χ4n) is 1.81. The van der Waals surface area contributed by atoms with E-state index in [2.05, 4.69) is 0 Å². The van der Waals surface area contributed by atoms with Crippen molar-refractivity contribution in [3.8, 4) is 0 Å². The SMILES string of the molecule is CN(C(=O)c1cc(Cl)ccc1Cl)c1ccc(C(N)=S)cc1. The van der Waals surface area contributed by atoms with Crippen LogP contribution in [-0.4, -0.2) is 17.9 Å². The third-order valence-corrected chi connectivity index (χ3v) is 3.80. The number of nitrogens with two attached hydrogens (primary N) is 1. The zero-order valence-electron chi connectivity index (χ0n) is 11.1. The van der Waals surface area contributed by atoms with Gasteiger partial charge in [-0.3, -0.25) is 4.79 Å². The van der Waals surface area contributed by atoms with Gasteiger partial charge in [-0.1, -0.05) is 35.4 Å². The Kier molecular flexibility index (Phi) is 4.83. The molecule has 0 spiro atoms. The van der Waals surface area contributed by atoms with E-state index in [4.69, 9.17) is 41.2 Å². The fourth-order valence-corrected chi connectivity index (χ4v) is 2.32. The van der Waals surface area contributed by atoms with E-state index in [1.54, 1.807) is 49.5 Å². The van der Waals surface area contributed by atoms with Gasteiger partial charge in [-0.05, 0) is 42.5 Å². The molecule has 0 saturated heterocycles. The first-order chi connectivity index (χ1) is 9.90. The van der Waals surface area contributed by atoms with E-state index in [1.807, 2.05) is 0 Å². The van der Waals surface area contributed by atoms with E-state index in [0.29, 0.717) is 26.3 Å². The van der Waals surface area contributed by atoms with Crippen LogP contribution >= 0.6 is 35.4 Å². The molecule has 0 saturated carbocycles. The van der Waals surface area contributed by atoms with Crippen molar-refractivity contribution >= 4 is 52.0 Å². The molecule has 2 rings (SSSR count). The summed E-state index contributed by atoms with van der Waals surface area (Å²) in [6, 6.07) is 11.8. The summed E-state index contributed by atoms with van der Waals surface area (Å²) < 4.78 is 0. The number of amides is 1. The van der Waals surface area contributed by atoms with Crippen LogP contribution in [0.2, 0.25) is 10.0 Å². The van der Waals surface area contributed by atoms with Gasteiger partial charge in [0.1, 0.15) is 4.99 Å². The Morgan fingerprint density at radius 3 is 2.33 bits per heavy atom. The number of benzene rings is 2. The zero-order chi connectivity index (χ0) is 15.6. The Morgan fingerprint density at radius 2 is 1.76 bits per heavy atom. The first-order valence-corrected chi connectivity index (χ1v) is 7.19. The molecule has 0 fully saturated rings. The van der Waals surface area contributed by atoms with Crippen LogP contribution in [0.3, 0.4) is 0 Å². The van der Waals surface area contributed by atoms with E-state index in [0.717, 1.165) is 5.56 Å². The summed E-state index contributed by atoms with van der Waals surface area (Å²) in [6.45, 7) is 0. The first-order valence-electron chi connectivity index (χ1n) is 6.03. The normalized spacial score (nSPS) is 10.2. The lowest BCUT2D eigenvalue weighted by molar-refractivity contribution is 0.0993. The van der Waals surface area contributed by atoms with Gasteiger partial charge in [0.2, 0.25) is 0 Å². The molecular weight excluding hydrogens is 327 g/mol. The van der Waals surface area contributed by atoms with Crippen molar-refractivity contribution < 1.29 is 4.79 Å². The van der Waals surface area contributed by atoms with Gasteiger partial charge in [-0.2, -0.15) is 0 Å². The van der Waals surface area contributed by atoms with Crippen LogP contribution in [0.5, 0.6) is 0 Å². The third kappa shape index (κ3) is 3.53. The molecule has 6 heteroatoms. The van der Waals surface area contributed by atoms with Gasteiger partial charge >= 0.3 is 0 Å². The Labute approximate surface area is 138 Å². The molecule has 1 amide bonds. The molecule has 0 radical (unpaired) electrons. The van der Waals surface area contributed by atoms with Gasteiger partial charge in [0.05, 0.1) is 10.6 Å². The molecule has 0 bridgehead atoms. The summed E-state index contributed by atoms with van der Waals surface area (Å²) in [6.07, 6.45) is 0. The van der Waals surface area contributed by atoms with Crippen LogP contribution in [0.1, 0.15) is 15.9 Å². The molecule has 0 unspecified atom stereocenters. The molecule has 2 N–H and O–H groups in total. The molecule has 0 atom stereocenters. The maximum Gasteiger partial charge on any atom is 0.259 e. The summed E-state index contributed by atoms with van der Waals surface area (Å²) in [4.78, 5) is 14.3. The van der Waals surface area contributed by atoms with E-state index < -0.39 is 0 Å². The van der Waals surface area contributed by atoms with Gasteiger partial charge in [-0.25, -0.2) is 0 Å². The molecule has 0 aliphatic rings. The van der Waals surface area contributed by atoms with Crippen LogP contribution < -0.4 is 10.6 Å². The fraction of sp³-hybridized carbons (Fsp3) is 0.0667. The maximum atomic E-state index is 12.5. The molecule has 0 aromatic heterocycles. The number of anilines is 1.